The maximum atomic E-state index is 12.0. The molecule has 0 fully saturated rings. The second kappa shape index (κ2) is 7.98. The predicted octanol–water partition coefficient (Wildman–Crippen LogP) is 3.15. The first-order chi connectivity index (χ1) is 12.6. The van der Waals surface area contributed by atoms with E-state index in [9.17, 15) is 4.79 Å². The van der Waals surface area contributed by atoms with Crippen LogP contribution in [0.5, 0.6) is 5.75 Å². The fourth-order valence-corrected chi connectivity index (χ4v) is 2.22. The third-order valence-corrected chi connectivity index (χ3v) is 3.37. The number of aromatic nitrogens is 3. The lowest BCUT2D eigenvalue weighted by molar-refractivity contribution is 0.0734. The molecule has 0 atom stereocenters. The van der Waals surface area contributed by atoms with Crippen LogP contribution in [0.3, 0.4) is 0 Å². The topological polar surface area (TPSA) is 89.4 Å². The molecule has 2 aromatic heterocycles. The first-order valence-electron chi connectivity index (χ1n) is 7.94. The molecule has 0 bridgehead atoms. The van der Waals surface area contributed by atoms with E-state index in [4.69, 9.17) is 4.74 Å². The number of hydrazone groups is 1. The Kier molecular flexibility index (Phi) is 5.28. The van der Waals surface area contributed by atoms with Crippen LogP contribution in [0, 0.1) is 13.8 Å². The number of anilines is 1. The van der Waals surface area contributed by atoms with Crippen molar-refractivity contribution in [3.63, 3.8) is 0 Å². The summed E-state index contributed by atoms with van der Waals surface area (Å²) in [5.74, 6) is 0.471. The van der Waals surface area contributed by atoms with Gasteiger partial charge in [-0.05, 0) is 61.9 Å². The van der Waals surface area contributed by atoms with Crippen molar-refractivity contribution in [2.75, 3.05) is 5.43 Å². The molecule has 2 heterocycles. The van der Waals surface area contributed by atoms with E-state index < -0.39 is 5.97 Å². The first kappa shape index (κ1) is 17.2. The minimum absolute atomic E-state index is 0.428. The summed E-state index contributed by atoms with van der Waals surface area (Å²) in [7, 11) is 0. The zero-order valence-corrected chi connectivity index (χ0v) is 14.4. The van der Waals surface area contributed by atoms with E-state index >= 15 is 0 Å². The van der Waals surface area contributed by atoms with Crippen LogP contribution < -0.4 is 10.2 Å². The highest BCUT2D eigenvalue weighted by Crippen LogP contribution is 2.13. The Labute approximate surface area is 150 Å². The average molecular weight is 347 g/mol. The van der Waals surface area contributed by atoms with Gasteiger partial charge in [-0.1, -0.05) is 0 Å². The summed E-state index contributed by atoms with van der Waals surface area (Å²) in [6.07, 6.45) is 4.72. The number of ether oxygens (including phenoxy) is 1. The Morgan fingerprint density at radius 2 is 1.69 bits per heavy atom. The van der Waals surface area contributed by atoms with Crippen LogP contribution in [0.4, 0.5) is 5.95 Å². The van der Waals surface area contributed by atoms with Gasteiger partial charge in [0.2, 0.25) is 5.95 Å². The SMILES string of the molecule is Cc1cc(C)nc(N/N=C/c2ccc(OC(=O)c3ccncc3)cc2)n1. The van der Waals surface area contributed by atoms with Crippen molar-refractivity contribution in [2.24, 2.45) is 5.10 Å². The van der Waals surface area contributed by atoms with Crippen LogP contribution >= 0.6 is 0 Å². The van der Waals surface area contributed by atoms with Gasteiger partial charge in [0.1, 0.15) is 5.75 Å². The normalized spacial score (nSPS) is 10.7. The number of pyridine rings is 1. The third kappa shape index (κ3) is 4.70. The molecule has 0 saturated carbocycles. The zero-order chi connectivity index (χ0) is 18.4. The van der Waals surface area contributed by atoms with Crippen molar-refractivity contribution in [1.82, 2.24) is 15.0 Å². The Balaban J connectivity index is 1.59. The lowest BCUT2D eigenvalue weighted by atomic mass is 10.2. The molecule has 1 aromatic carbocycles. The molecule has 0 unspecified atom stereocenters. The molecule has 0 aliphatic rings. The standard InChI is InChI=1S/C19H17N5O2/c1-13-11-14(2)23-19(22-13)24-21-12-15-3-5-17(6-4-15)26-18(25)16-7-9-20-10-8-16/h3-12H,1-2H3,(H,22,23,24)/b21-12+. The molecular weight excluding hydrogens is 330 g/mol. The van der Waals surface area contributed by atoms with Gasteiger partial charge in [-0.3, -0.25) is 4.98 Å². The molecule has 1 N–H and O–H groups in total. The fourth-order valence-electron chi connectivity index (χ4n) is 2.22. The van der Waals surface area contributed by atoms with Gasteiger partial charge in [-0.15, -0.1) is 0 Å². The van der Waals surface area contributed by atoms with Crippen molar-refractivity contribution < 1.29 is 9.53 Å². The molecule has 0 aliphatic carbocycles. The number of carbonyl (C=O) groups is 1. The van der Waals surface area contributed by atoms with E-state index in [1.807, 2.05) is 19.9 Å². The van der Waals surface area contributed by atoms with Gasteiger partial charge in [0.25, 0.3) is 0 Å². The van der Waals surface area contributed by atoms with Gasteiger partial charge in [-0.25, -0.2) is 20.2 Å². The molecule has 0 radical (unpaired) electrons. The quantitative estimate of drug-likeness (QED) is 0.330. The molecule has 0 amide bonds. The highest BCUT2D eigenvalue weighted by atomic mass is 16.5. The number of benzene rings is 1. The highest BCUT2D eigenvalue weighted by molar-refractivity contribution is 5.91. The number of nitrogens with one attached hydrogen (secondary N) is 1. The number of aryl methyl sites for hydroxylation is 2. The van der Waals surface area contributed by atoms with Crippen molar-refractivity contribution in [2.45, 2.75) is 13.8 Å². The van der Waals surface area contributed by atoms with Crippen molar-refractivity contribution in [3.8, 4) is 5.75 Å². The van der Waals surface area contributed by atoms with Gasteiger partial charge in [0, 0.05) is 23.8 Å². The summed E-state index contributed by atoms with van der Waals surface area (Å²) >= 11 is 0. The monoisotopic (exact) mass is 347 g/mol. The lowest BCUT2D eigenvalue weighted by Crippen LogP contribution is -2.08. The number of carbonyl (C=O) groups excluding carboxylic acids is 1. The fraction of sp³-hybridized carbons (Fsp3) is 0.105. The predicted molar refractivity (Wildman–Crippen MR) is 98.4 cm³/mol. The van der Waals surface area contributed by atoms with Gasteiger partial charge in [-0.2, -0.15) is 5.10 Å². The molecular formula is C19H17N5O2. The van der Waals surface area contributed by atoms with E-state index in [1.54, 1.807) is 55.0 Å². The lowest BCUT2D eigenvalue weighted by Gasteiger charge is -2.04. The van der Waals surface area contributed by atoms with Crippen molar-refractivity contribution in [1.29, 1.82) is 0 Å². The Morgan fingerprint density at radius 1 is 1.04 bits per heavy atom. The number of esters is 1. The maximum absolute atomic E-state index is 12.0. The summed E-state index contributed by atoms with van der Waals surface area (Å²) in [5.41, 5.74) is 5.83. The summed E-state index contributed by atoms with van der Waals surface area (Å²) in [6, 6.07) is 12.1. The van der Waals surface area contributed by atoms with Crippen LogP contribution in [0.2, 0.25) is 0 Å². The maximum Gasteiger partial charge on any atom is 0.343 e. The second-order valence-corrected chi connectivity index (χ2v) is 5.54. The van der Waals surface area contributed by atoms with Gasteiger partial charge in [0.05, 0.1) is 11.8 Å². The summed E-state index contributed by atoms with van der Waals surface area (Å²) < 4.78 is 5.31. The average Bonchev–Trinajstić information content (AvgIpc) is 2.63. The third-order valence-electron chi connectivity index (χ3n) is 3.37. The minimum Gasteiger partial charge on any atom is -0.423 e. The number of rotatable bonds is 5. The molecule has 7 heteroatoms. The molecule has 26 heavy (non-hydrogen) atoms. The highest BCUT2D eigenvalue weighted by Gasteiger charge is 2.07. The Bertz CT molecular complexity index is 904. The van der Waals surface area contributed by atoms with E-state index in [1.165, 1.54) is 0 Å². The molecule has 3 rings (SSSR count). The Morgan fingerprint density at radius 3 is 2.35 bits per heavy atom. The zero-order valence-electron chi connectivity index (χ0n) is 14.4. The molecule has 0 saturated heterocycles. The summed E-state index contributed by atoms with van der Waals surface area (Å²) in [6.45, 7) is 3.80. The van der Waals surface area contributed by atoms with Gasteiger partial charge in [0.15, 0.2) is 0 Å². The first-order valence-corrected chi connectivity index (χ1v) is 7.94. The summed E-state index contributed by atoms with van der Waals surface area (Å²) in [5, 5.41) is 4.12. The van der Waals surface area contributed by atoms with E-state index in [0.29, 0.717) is 17.3 Å². The van der Waals surface area contributed by atoms with E-state index in [-0.39, 0.29) is 0 Å². The van der Waals surface area contributed by atoms with Crippen LogP contribution in [-0.4, -0.2) is 27.1 Å². The van der Waals surface area contributed by atoms with Crippen LogP contribution in [0.1, 0.15) is 27.3 Å². The smallest absolute Gasteiger partial charge is 0.343 e. The number of hydrogen-bond donors (Lipinski definition) is 1. The summed E-state index contributed by atoms with van der Waals surface area (Å²) in [4.78, 5) is 24.3. The minimum atomic E-state index is -0.428. The molecule has 3 aromatic rings. The number of nitrogens with zero attached hydrogens (tertiary/aromatic N) is 4. The second-order valence-electron chi connectivity index (χ2n) is 5.54. The van der Waals surface area contributed by atoms with Crippen molar-refractivity contribution in [3.05, 3.63) is 77.4 Å². The molecule has 0 aliphatic heterocycles. The van der Waals surface area contributed by atoms with Crippen LogP contribution in [0.15, 0.2) is 60.0 Å². The van der Waals surface area contributed by atoms with Gasteiger partial charge < -0.3 is 4.74 Å². The molecule has 130 valence electrons. The van der Waals surface area contributed by atoms with Crippen LogP contribution in [-0.2, 0) is 0 Å². The molecule has 0 spiro atoms. The van der Waals surface area contributed by atoms with Crippen molar-refractivity contribution >= 4 is 18.1 Å². The Hall–Kier alpha value is -3.61. The van der Waals surface area contributed by atoms with E-state index in [2.05, 4.69) is 25.5 Å². The van der Waals surface area contributed by atoms with Crippen LogP contribution in [0.25, 0.3) is 0 Å². The largest absolute Gasteiger partial charge is 0.423 e. The van der Waals surface area contributed by atoms with Gasteiger partial charge >= 0.3 is 5.97 Å². The number of hydrogen-bond acceptors (Lipinski definition) is 7. The molecule has 7 nitrogen and oxygen atoms in total. The van der Waals surface area contributed by atoms with E-state index in [0.717, 1.165) is 17.0 Å².